The monoisotopic (exact) mass is 418 g/mol. The number of halogens is 2. The molecule has 2 aromatic rings. The van der Waals surface area contributed by atoms with Crippen molar-refractivity contribution < 1.29 is 14.4 Å². The lowest BCUT2D eigenvalue weighted by Crippen LogP contribution is -2.41. The summed E-state index contributed by atoms with van der Waals surface area (Å²) in [5.74, 6) is -0.790. The molecule has 0 radical (unpaired) electrons. The highest BCUT2D eigenvalue weighted by Gasteiger charge is 2.34. The Kier molecular flexibility index (Phi) is 5.77. The molecule has 0 spiro atoms. The molecule has 1 aliphatic rings. The number of imide groups is 1. The molecule has 0 bridgehead atoms. The van der Waals surface area contributed by atoms with Crippen molar-refractivity contribution in [2.24, 2.45) is 0 Å². The first-order valence-electron chi connectivity index (χ1n) is 8.92. The minimum atomic E-state index is -0.638. The van der Waals surface area contributed by atoms with Crippen LogP contribution in [0.2, 0.25) is 10.0 Å². The molecule has 1 aliphatic heterocycles. The van der Waals surface area contributed by atoms with Gasteiger partial charge in [-0.2, -0.15) is 0 Å². The van der Waals surface area contributed by atoms with E-state index >= 15 is 0 Å². The van der Waals surface area contributed by atoms with Crippen molar-refractivity contribution >= 4 is 40.9 Å². The molecular formula is C21H20Cl2N2O3. The van der Waals surface area contributed by atoms with Crippen LogP contribution in [-0.4, -0.2) is 29.2 Å². The topological polar surface area (TPSA) is 66.5 Å². The van der Waals surface area contributed by atoms with E-state index in [1.54, 1.807) is 36.4 Å². The van der Waals surface area contributed by atoms with Gasteiger partial charge in [0.15, 0.2) is 0 Å². The Balaban J connectivity index is 1.56. The number of nitrogens with zero attached hydrogens (tertiary/aromatic N) is 1. The van der Waals surface area contributed by atoms with Crippen molar-refractivity contribution in [3.8, 4) is 0 Å². The Labute approximate surface area is 173 Å². The van der Waals surface area contributed by atoms with Crippen LogP contribution < -0.4 is 5.32 Å². The normalized spacial score (nSPS) is 13.6. The van der Waals surface area contributed by atoms with Crippen LogP contribution in [0.5, 0.6) is 0 Å². The zero-order valence-electron chi connectivity index (χ0n) is 15.6. The summed E-state index contributed by atoms with van der Waals surface area (Å²) >= 11 is 12.0. The van der Waals surface area contributed by atoms with Gasteiger partial charge in [0.2, 0.25) is 5.91 Å². The van der Waals surface area contributed by atoms with Crippen molar-refractivity contribution in [1.29, 1.82) is 0 Å². The van der Waals surface area contributed by atoms with Gasteiger partial charge in [-0.25, -0.2) is 0 Å². The molecule has 146 valence electrons. The second-order valence-electron chi connectivity index (χ2n) is 7.21. The Bertz CT molecular complexity index is 921. The molecule has 0 saturated heterocycles. The largest absolute Gasteiger partial charge is 0.347 e. The van der Waals surface area contributed by atoms with Gasteiger partial charge in [0.05, 0.1) is 26.7 Å². The highest BCUT2D eigenvalue weighted by Crippen LogP contribution is 2.28. The molecule has 2 aromatic carbocycles. The SMILES string of the molecule is CC(C)(NC(=O)CCCN1C(=O)c2ccccc2C1=O)c1ccc(Cl)c(Cl)c1. The Morgan fingerprint density at radius 2 is 1.61 bits per heavy atom. The van der Waals surface area contributed by atoms with Crippen LogP contribution in [-0.2, 0) is 10.3 Å². The summed E-state index contributed by atoms with van der Waals surface area (Å²) in [7, 11) is 0. The van der Waals surface area contributed by atoms with Crippen molar-refractivity contribution in [3.05, 3.63) is 69.2 Å². The zero-order chi connectivity index (χ0) is 20.5. The van der Waals surface area contributed by atoms with E-state index in [0.29, 0.717) is 27.6 Å². The second-order valence-corrected chi connectivity index (χ2v) is 8.03. The summed E-state index contributed by atoms with van der Waals surface area (Å²) in [6.07, 6.45) is 0.576. The number of hydrogen-bond donors (Lipinski definition) is 1. The van der Waals surface area contributed by atoms with Gasteiger partial charge in [0, 0.05) is 13.0 Å². The van der Waals surface area contributed by atoms with Gasteiger partial charge in [0.1, 0.15) is 0 Å². The van der Waals surface area contributed by atoms with E-state index in [0.717, 1.165) is 5.56 Å². The number of rotatable bonds is 6. The van der Waals surface area contributed by atoms with Crippen LogP contribution in [0.3, 0.4) is 0 Å². The van der Waals surface area contributed by atoms with Gasteiger partial charge in [-0.3, -0.25) is 19.3 Å². The van der Waals surface area contributed by atoms with Crippen LogP contribution in [0, 0.1) is 0 Å². The van der Waals surface area contributed by atoms with E-state index in [1.807, 2.05) is 19.9 Å². The third-order valence-electron chi connectivity index (χ3n) is 4.76. The molecule has 3 amide bonds. The molecule has 5 nitrogen and oxygen atoms in total. The number of carbonyl (C=O) groups excluding carboxylic acids is 3. The number of fused-ring (bicyclic) bond motifs is 1. The number of hydrogen-bond acceptors (Lipinski definition) is 3. The van der Waals surface area contributed by atoms with Gasteiger partial charge < -0.3 is 5.32 Å². The molecule has 0 unspecified atom stereocenters. The van der Waals surface area contributed by atoms with E-state index in [-0.39, 0.29) is 30.7 Å². The first kappa shape index (κ1) is 20.4. The van der Waals surface area contributed by atoms with Crippen LogP contribution in [0.4, 0.5) is 0 Å². The van der Waals surface area contributed by atoms with Crippen molar-refractivity contribution in [2.45, 2.75) is 32.2 Å². The quantitative estimate of drug-likeness (QED) is 0.705. The minimum Gasteiger partial charge on any atom is -0.347 e. The summed E-state index contributed by atoms with van der Waals surface area (Å²) < 4.78 is 0. The third kappa shape index (κ3) is 4.05. The maximum Gasteiger partial charge on any atom is 0.261 e. The van der Waals surface area contributed by atoms with E-state index in [1.165, 1.54) is 4.90 Å². The summed E-state index contributed by atoms with van der Waals surface area (Å²) in [5.41, 5.74) is 1.02. The molecule has 0 saturated carbocycles. The fourth-order valence-electron chi connectivity index (χ4n) is 3.21. The average Bonchev–Trinajstić information content (AvgIpc) is 2.88. The molecule has 1 heterocycles. The predicted octanol–water partition coefficient (Wildman–Crippen LogP) is 4.42. The number of benzene rings is 2. The van der Waals surface area contributed by atoms with Crippen LogP contribution in [0.1, 0.15) is 53.0 Å². The van der Waals surface area contributed by atoms with Crippen LogP contribution in [0.25, 0.3) is 0 Å². The van der Waals surface area contributed by atoms with E-state index in [2.05, 4.69) is 5.32 Å². The standard InChI is InChI=1S/C21H20Cl2N2O3/c1-21(2,13-9-10-16(22)17(23)12-13)24-18(26)8-5-11-25-19(27)14-6-3-4-7-15(14)20(25)28/h3-4,6-7,9-10,12H,5,8,11H2,1-2H3,(H,24,26). The number of carbonyl (C=O) groups is 3. The summed E-state index contributed by atoms with van der Waals surface area (Å²) in [4.78, 5) is 38.3. The molecule has 3 rings (SSSR count). The molecule has 1 N–H and O–H groups in total. The van der Waals surface area contributed by atoms with Gasteiger partial charge in [0.25, 0.3) is 11.8 Å². The fraction of sp³-hybridized carbons (Fsp3) is 0.286. The zero-order valence-corrected chi connectivity index (χ0v) is 17.1. The first-order valence-corrected chi connectivity index (χ1v) is 9.68. The lowest BCUT2D eigenvalue weighted by Gasteiger charge is -2.27. The lowest BCUT2D eigenvalue weighted by molar-refractivity contribution is -0.122. The molecule has 0 aromatic heterocycles. The summed E-state index contributed by atoms with van der Waals surface area (Å²) in [6.45, 7) is 3.94. The van der Waals surface area contributed by atoms with Gasteiger partial charge >= 0.3 is 0 Å². The smallest absolute Gasteiger partial charge is 0.261 e. The predicted molar refractivity (Wildman–Crippen MR) is 109 cm³/mol. The highest BCUT2D eigenvalue weighted by molar-refractivity contribution is 6.42. The number of nitrogens with one attached hydrogen (secondary N) is 1. The Morgan fingerprint density at radius 1 is 1.00 bits per heavy atom. The third-order valence-corrected chi connectivity index (χ3v) is 5.50. The molecule has 0 atom stereocenters. The van der Waals surface area contributed by atoms with Gasteiger partial charge in [-0.15, -0.1) is 0 Å². The minimum absolute atomic E-state index is 0.173. The van der Waals surface area contributed by atoms with Crippen LogP contribution in [0.15, 0.2) is 42.5 Å². The average molecular weight is 419 g/mol. The highest BCUT2D eigenvalue weighted by atomic mass is 35.5. The maximum atomic E-state index is 12.4. The molecule has 28 heavy (non-hydrogen) atoms. The summed E-state index contributed by atoms with van der Waals surface area (Å²) in [5, 5.41) is 3.83. The first-order chi connectivity index (χ1) is 13.2. The van der Waals surface area contributed by atoms with E-state index in [9.17, 15) is 14.4 Å². The van der Waals surface area contributed by atoms with Crippen molar-refractivity contribution in [2.75, 3.05) is 6.54 Å². The lowest BCUT2D eigenvalue weighted by atomic mass is 9.94. The van der Waals surface area contributed by atoms with Crippen molar-refractivity contribution in [3.63, 3.8) is 0 Å². The maximum absolute atomic E-state index is 12.4. The Hall–Kier alpha value is -2.37. The second kappa shape index (κ2) is 7.94. The van der Waals surface area contributed by atoms with E-state index < -0.39 is 5.54 Å². The molecule has 0 aliphatic carbocycles. The van der Waals surface area contributed by atoms with Gasteiger partial charge in [-0.1, -0.05) is 41.4 Å². The molecule has 0 fully saturated rings. The van der Waals surface area contributed by atoms with E-state index in [4.69, 9.17) is 23.2 Å². The van der Waals surface area contributed by atoms with Gasteiger partial charge in [-0.05, 0) is 50.1 Å². The summed E-state index contributed by atoms with van der Waals surface area (Å²) in [6, 6.07) is 12.0. The fourth-order valence-corrected chi connectivity index (χ4v) is 3.51. The molecule has 7 heteroatoms. The Morgan fingerprint density at radius 3 is 2.18 bits per heavy atom. The van der Waals surface area contributed by atoms with Crippen molar-refractivity contribution in [1.82, 2.24) is 10.2 Å². The van der Waals surface area contributed by atoms with Crippen LogP contribution >= 0.6 is 23.2 Å². The molecular weight excluding hydrogens is 399 g/mol. The number of amides is 3.